The zero-order chi connectivity index (χ0) is 12.4. The number of anilines is 1. The Morgan fingerprint density at radius 1 is 1.12 bits per heavy atom. The first-order valence-corrected chi connectivity index (χ1v) is 5.46. The van der Waals surface area contributed by atoms with E-state index in [4.69, 9.17) is 5.73 Å². The topological polar surface area (TPSA) is 26.0 Å². The minimum atomic E-state index is -0.836. The molecule has 88 valence electrons. The zero-order valence-electron chi connectivity index (χ0n) is 9.50. The Morgan fingerprint density at radius 2 is 1.88 bits per heavy atom. The maximum atomic E-state index is 13.6. The largest absolute Gasteiger partial charge is 0.399 e. The third-order valence-electron chi connectivity index (χ3n) is 2.79. The SMILES string of the molecule is CCc1cc(-c2cccc(F)c2F)ccc1N. The summed E-state index contributed by atoms with van der Waals surface area (Å²) in [6.45, 7) is 1.97. The second kappa shape index (κ2) is 4.53. The number of rotatable bonds is 2. The van der Waals surface area contributed by atoms with Crippen molar-refractivity contribution in [1.82, 2.24) is 0 Å². The molecule has 0 saturated heterocycles. The van der Waals surface area contributed by atoms with Gasteiger partial charge in [-0.15, -0.1) is 0 Å². The van der Waals surface area contributed by atoms with Crippen LogP contribution in [0.25, 0.3) is 11.1 Å². The fourth-order valence-electron chi connectivity index (χ4n) is 1.81. The molecular formula is C14H13F2N. The van der Waals surface area contributed by atoms with Crippen molar-refractivity contribution in [1.29, 1.82) is 0 Å². The molecule has 2 rings (SSSR count). The molecule has 0 bridgehead atoms. The molecule has 0 fully saturated rings. The first-order valence-electron chi connectivity index (χ1n) is 5.46. The summed E-state index contributed by atoms with van der Waals surface area (Å²) in [5.74, 6) is -1.66. The fraction of sp³-hybridized carbons (Fsp3) is 0.143. The molecule has 0 amide bonds. The summed E-state index contributed by atoms with van der Waals surface area (Å²) < 4.78 is 26.7. The normalized spacial score (nSPS) is 10.5. The molecule has 0 heterocycles. The Balaban J connectivity index is 2.57. The third kappa shape index (κ3) is 2.13. The molecule has 0 spiro atoms. The quantitative estimate of drug-likeness (QED) is 0.785. The molecule has 3 heteroatoms. The molecule has 0 aliphatic carbocycles. The Kier molecular flexibility index (Phi) is 3.09. The summed E-state index contributed by atoms with van der Waals surface area (Å²) in [5, 5.41) is 0. The van der Waals surface area contributed by atoms with Crippen molar-refractivity contribution in [2.24, 2.45) is 0 Å². The van der Waals surface area contributed by atoms with Crippen LogP contribution in [-0.2, 0) is 6.42 Å². The minimum Gasteiger partial charge on any atom is -0.399 e. The van der Waals surface area contributed by atoms with Gasteiger partial charge < -0.3 is 5.73 Å². The van der Waals surface area contributed by atoms with E-state index >= 15 is 0 Å². The van der Waals surface area contributed by atoms with Gasteiger partial charge in [-0.3, -0.25) is 0 Å². The van der Waals surface area contributed by atoms with Crippen molar-refractivity contribution in [3.8, 4) is 11.1 Å². The van der Waals surface area contributed by atoms with Crippen LogP contribution < -0.4 is 5.73 Å². The molecule has 0 saturated carbocycles. The van der Waals surface area contributed by atoms with E-state index < -0.39 is 11.6 Å². The molecule has 1 nitrogen and oxygen atoms in total. The molecule has 0 radical (unpaired) electrons. The van der Waals surface area contributed by atoms with E-state index in [0.29, 0.717) is 11.3 Å². The van der Waals surface area contributed by atoms with Gasteiger partial charge in [-0.05, 0) is 35.7 Å². The second-order valence-electron chi connectivity index (χ2n) is 3.87. The lowest BCUT2D eigenvalue weighted by atomic mass is 10.0. The van der Waals surface area contributed by atoms with Crippen LogP contribution in [0.15, 0.2) is 36.4 Å². The highest BCUT2D eigenvalue weighted by molar-refractivity contribution is 5.68. The summed E-state index contributed by atoms with van der Waals surface area (Å²) in [6, 6.07) is 9.38. The Bertz CT molecular complexity index is 550. The van der Waals surface area contributed by atoms with Crippen LogP contribution in [-0.4, -0.2) is 0 Å². The summed E-state index contributed by atoms with van der Waals surface area (Å²) in [7, 11) is 0. The van der Waals surface area contributed by atoms with Crippen LogP contribution in [0, 0.1) is 11.6 Å². The van der Waals surface area contributed by atoms with Crippen LogP contribution in [0.3, 0.4) is 0 Å². The zero-order valence-corrected chi connectivity index (χ0v) is 9.50. The molecule has 0 aliphatic heterocycles. The highest BCUT2D eigenvalue weighted by Gasteiger charge is 2.10. The Morgan fingerprint density at radius 3 is 2.59 bits per heavy atom. The second-order valence-corrected chi connectivity index (χ2v) is 3.87. The fourth-order valence-corrected chi connectivity index (χ4v) is 1.81. The predicted molar refractivity (Wildman–Crippen MR) is 65.6 cm³/mol. The number of hydrogen-bond acceptors (Lipinski definition) is 1. The average molecular weight is 233 g/mol. The van der Waals surface area contributed by atoms with Crippen molar-refractivity contribution < 1.29 is 8.78 Å². The van der Waals surface area contributed by atoms with Gasteiger partial charge in [-0.1, -0.05) is 25.1 Å². The molecule has 2 aromatic carbocycles. The van der Waals surface area contributed by atoms with Gasteiger partial charge >= 0.3 is 0 Å². The number of halogens is 2. The van der Waals surface area contributed by atoms with Crippen molar-refractivity contribution >= 4 is 5.69 Å². The highest BCUT2D eigenvalue weighted by Crippen LogP contribution is 2.27. The Labute approximate surface area is 98.9 Å². The number of nitrogens with two attached hydrogens (primary N) is 1. The molecule has 0 atom stereocenters. The van der Waals surface area contributed by atoms with Crippen molar-refractivity contribution in [2.75, 3.05) is 5.73 Å². The van der Waals surface area contributed by atoms with E-state index in [0.717, 1.165) is 18.1 Å². The van der Waals surface area contributed by atoms with Gasteiger partial charge in [0.25, 0.3) is 0 Å². The molecule has 2 aromatic rings. The molecule has 17 heavy (non-hydrogen) atoms. The van der Waals surface area contributed by atoms with Gasteiger partial charge in [0.05, 0.1) is 0 Å². The molecular weight excluding hydrogens is 220 g/mol. The van der Waals surface area contributed by atoms with E-state index in [1.807, 2.05) is 6.92 Å². The standard InChI is InChI=1S/C14H13F2N/c1-2-9-8-10(6-7-13(9)17)11-4-3-5-12(15)14(11)16/h3-8H,2,17H2,1H3. The first kappa shape index (κ1) is 11.6. The maximum Gasteiger partial charge on any atom is 0.166 e. The van der Waals surface area contributed by atoms with Gasteiger partial charge in [-0.25, -0.2) is 8.78 Å². The lowest BCUT2D eigenvalue weighted by molar-refractivity contribution is 0.511. The Hall–Kier alpha value is -1.90. The number of hydrogen-bond donors (Lipinski definition) is 1. The highest BCUT2D eigenvalue weighted by atomic mass is 19.2. The summed E-state index contributed by atoms with van der Waals surface area (Å²) in [6.07, 6.45) is 0.761. The maximum absolute atomic E-state index is 13.6. The first-order chi connectivity index (χ1) is 8.13. The van der Waals surface area contributed by atoms with Gasteiger partial charge in [0.2, 0.25) is 0 Å². The third-order valence-corrected chi connectivity index (χ3v) is 2.79. The molecule has 2 N–H and O–H groups in total. The van der Waals surface area contributed by atoms with E-state index in [2.05, 4.69) is 0 Å². The van der Waals surface area contributed by atoms with Gasteiger partial charge in [0, 0.05) is 11.3 Å². The van der Waals surface area contributed by atoms with Crippen LogP contribution in [0.1, 0.15) is 12.5 Å². The minimum absolute atomic E-state index is 0.264. The van der Waals surface area contributed by atoms with Crippen LogP contribution in [0.4, 0.5) is 14.5 Å². The average Bonchev–Trinajstić information content (AvgIpc) is 2.34. The van der Waals surface area contributed by atoms with Gasteiger partial charge in [0.15, 0.2) is 11.6 Å². The van der Waals surface area contributed by atoms with Gasteiger partial charge in [0.1, 0.15) is 0 Å². The predicted octanol–water partition coefficient (Wildman–Crippen LogP) is 3.78. The van der Waals surface area contributed by atoms with Crippen molar-refractivity contribution in [2.45, 2.75) is 13.3 Å². The summed E-state index contributed by atoms with van der Waals surface area (Å²) >= 11 is 0. The van der Waals surface area contributed by atoms with Crippen LogP contribution in [0.2, 0.25) is 0 Å². The van der Waals surface area contributed by atoms with E-state index in [1.54, 1.807) is 24.3 Å². The van der Waals surface area contributed by atoms with Crippen molar-refractivity contribution in [3.63, 3.8) is 0 Å². The number of benzene rings is 2. The van der Waals surface area contributed by atoms with E-state index in [1.165, 1.54) is 6.07 Å². The van der Waals surface area contributed by atoms with Crippen LogP contribution >= 0.6 is 0 Å². The van der Waals surface area contributed by atoms with E-state index in [-0.39, 0.29) is 5.56 Å². The van der Waals surface area contributed by atoms with Crippen molar-refractivity contribution in [3.05, 3.63) is 53.6 Å². The molecule has 0 unspecified atom stereocenters. The van der Waals surface area contributed by atoms with Gasteiger partial charge in [-0.2, -0.15) is 0 Å². The lowest BCUT2D eigenvalue weighted by Crippen LogP contribution is -1.95. The number of nitrogen functional groups attached to an aromatic ring is 1. The summed E-state index contributed by atoms with van der Waals surface area (Å²) in [5.41, 5.74) is 8.30. The number of aryl methyl sites for hydroxylation is 1. The smallest absolute Gasteiger partial charge is 0.166 e. The van der Waals surface area contributed by atoms with E-state index in [9.17, 15) is 8.78 Å². The van der Waals surface area contributed by atoms with Crippen LogP contribution in [0.5, 0.6) is 0 Å². The summed E-state index contributed by atoms with van der Waals surface area (Å²) in [4.78, 5) is 0. The molecule has 0 aromatic heterocycles. The lowest BCUT2D eigenvalue weighted by Gasteiger charge is -2.08. The monoisotopic (exact) mass is 233 g/mol. The molecule has 0 aliphatic rings.